The van der Waals surface area contributed by atoms with Gasteiger partial charge in [0, 0.05) is 68.9 Å². The predicted molar refractivity (Wildman–Crippen MR) is 304 cm³/mol. The smallest absolute Gasteiger partial charge is 0.224 e. The first kappa shape index (κ1) is 70.0. The van der Waals surface area contributed by atoms with E-state index in [1.54, 1.807) is 23.5 Å². The molecule has 0 heterocycles. The second-order valence-corrected chi connectivity index (χ2v) is 22.0. The van der Waals surface area contributed by atoms with Crippen LogP contribution in [-0.4, -0.2) is 115 Å². The van der Waals surface area contributed by atoms with Gasteiger partial charge in [0.2, 0.25) is 23.6 Å². The number of aldehydes is 2. The summed E-state index contributed by atoms with van der Waals surface area (Å²) in [5, 5.41) is 11.5. The van der Waals surface area contributed by atoms with E-state index >= 15 is 0 Å². The topological polar surface area (TPSA) is 245 Å². The van der Waals surface area contributed by atoms with Crippen LogP contribution in [0.2, 0.25) is 0 Å². The van der Waals surface area contributed by atoms with Crippen molar-refractivity contribution in [2.24, 2.45) is 41.2 Å². The van der Waals surface area contributed by atoms with E-state index in [4.69, 9.17) is 5.73 Å². The maximum absolute atomic E-state index is 13.5. The van der Waals surface area contributed by atoms with Crippen LogP contribution in [0.15, 0.2) is 60.7 Å². The fraction of sp³-hybridized carbons (Fsp3) is 0.621. The minimum Gasteiger partial charge on any atom is -0.356 e. The zero-order valence-corrected chi connectivity index (χ0v) is 47.0. The lowest BCUT2D eigenvalue weighted by molar-refractivity contribution is -0.133. The molecule has 0 aromatic heterocycles. The summed E-state index contributed by atoms with van der Waals surface area (Å²) >= 11 is 3.21. The van der Waals surface area contributed by atoms with Crippen LogP contribution in [0.3, 0.4) is 0 Å². The maximum Gasteiger partial charge on any atom is 0.224 e. The van der Waals surface area contributed by atoms with Gasteiger partial charge in [0.05, 0.1) is 18.1 Å². The third-order valence-electron chi connectivity index (χ3n) is 12.5. The van der Waals surface area contributed by atoms with Crippen LogP contribution in [0.5, 0.6) is 0 Å². The summed E-state index contributed by atoms with van der Waals surface area (Å²) in [6.07, 6.45) is 10.6. The van der Waals surface area contributed by atoms with E-state index in [-0.39, 0.29) is 105 Å². The molecule has 0 spiro atoms. The first-order chi connectivity index (χ1) is 35.3. The van der Waals surface area contributed by atoms with Gasteiger partial charge in [-0.05, 0) is 119 Å². The molecule has 0 radical (unpaired) electrons. The summed E-state index contributed by atoms with van der Waals surface area (Å²) in [5.41, 5.74) is 7.66. The largest absolute Gasteiger partial charge is 0.356 e. The van der Waals surface area contributed by atoms with Gasteiger partial charge < -0.3 is 36.6 Å². The lowest BCUT2D eigenvalue weighted by Gasteiger charge is -2.24. The van der Waals surface area contributed by atoms with Gasteiger partial charge in [-0.1, -0.05) is 95.8 Å². The molecule has 7 unspecified atom stereocenters. The molecule has 0 aliphatic carbocycles. The van der Waals surface area contributed by atoms with Crippen molar-refractivity contribution < 1.29 is 47.9 Å². The Morgan fingerprint density at radius 3 is 1.31 bits per heavy atom. The predicted octanol–water partition coefficient (Wildman–Crippen LogP) is 7.52. The molecule has 0 aliphatic heterocycles. The van der Waals surface area contributed by atoms with Gasteiger partial charge >= 0.3 is 0 Å². The van der Waals surface area contributed by atoms with Crippen molar-refractivity contribution in [1.82, 2.24) is 21.3 Å². The van der Waals surface area contributed by atoms with Crippen molar-refractivity contribution in [1.29, 1.82) is 0 Å². The second kappa shape index (κ2) is 41.2. The molecule has 0 aliphatic rings. The van der Waals surface area contributed by atoms with Crippen LogP contribution in [0, 0.1) is 35.5 Å². The highest BCUT2D eigenvalue weighted by atomic mass is 32.2. The minimum atomic E-state index is -0.728. The Kier molecular flexibility index (Phi) is 38.5. The zero-order valence-electron chi connectivity index (χ0n) is 45.3. The van der Waals surface area contributed by atoms with Crippen LogP contribution >= 0.6 is 23.5 Å². The van der Waals surface area contributed by atoms with Gasteiger partial charge in [-0.15, -0.1) is 0 Å². The summed E-state index contributed by atoms with van der Waals surface area (Å²) in [6, 6.07) is 17.1. The third-order valence-corrected chi connectivity index (χ3v) is 13.8. The maximum atomic E-state index is 13.5. The quantitative estimate of drug-likeness (QED) is 0.0322. The first-order valence-corrected chi connectivity index (χ1v) is 28.9. The molecule has 0 fully saturated rings. The van der Waals surface area contributed by atoms with E-state index < -0.39 is 41.8 Å². The minimum absolute atomic E-state index is 0. The van der Waals surface area contributed by atoms with Gasteiger partial charge in [-0.2, -0.15) is 23.5 Å². The number of unbranched alkanes of at least 4 members (excludes halogenated alkanes) is 1. The van der Waals surface area contributed by atoms with E-state index in [0.717, 1.165) is 35.2 Å². The highest BCUT2D eigenvalue weighted by Crippen LogP contribution is 2.21. The number of carbonyl (C=O) groups excluding carboxylic acids is 10. The number of hydrogen-bond donors (Lipinski definition) is 5. The van der Waals surface area contributed by atoms with Crippen LogP contribution in [0.1, 0.15) is 137 Å². The summed E-state index contributed by atoms with van der Waals surface area (Å²) in [4.78, 5) is 124. The molecule has 0 saturated heterocycles. The van der Waals surface area contributed by atoms with Crippen molar-refractivity contribution >= 4 is 82.9 Å². The highest BCUT2D eigenvalue weighted by Gasteiger charge is 2.32. The van der Waals surface area contributed by atoms with Crippen molar-refractivity contribution in [2.75, 3.05) is 37.1 Å². The molecule has 4 amide bonds. The van der Waals surface area contributed by atoms with Crippen molar-refractivity contribution in [3.8, 4) is 0 Å². The highest BCUT2D eigenvalue weighted by molar-refractivity contribution is 7.98. The van der Waals surface area contributed by atoms with E-state index in [0.29, 0.717) is 64.3 Å². The lowest BCUT2D eigenvalue weighted by atomic mass is 9.88. The molecule has 7 atom stereocenters. The van der Waals surface area contributed by atoms with Crippen LogP contribution in [0.25, 0.3) is 0 Å². The Morgan fingerprint density at radius 1 is 0.560 bits per heavy atom. The molecule has 2 aromatic carbocycles. The van der Waals surface area contributed by atoms with Crippen molar-refractivity contribution in [3.05, 3.63) is 71.8 Å². The molecule has 75 heavy (non-hydrogen) atoms. The number of ketones is 4. The van der Waals surface area contributed by atoms with Crippen molar-refractivity contribution in [2.45, 2.75) is 157 Å². The molecule has 2 aromatic rings. The molecule has 420 valence electrons. The van der Waals surface area contributed by atoms with Gasteiger partial charge in [-0.3, -0.25) is 38.4 Å². The lowest BCUT2D eigenvalue weighted by Crippen LogP contribution is -2.46. The fourth-order valence-corrected chi connectivity index (χ4v) is 9.21. The third kappa shape index (κ3) is 31.6. The monoisotopic (exact) mass is 1080 g/mol. The molecule has 17 heteroatoms. The second-order valence-electron chi connectivity index (χ2n) is 20.0. The number of rotatable bonds is 39. The summed E-state index contributed by atoms with van der Waals surface area (Å²) in [7, 11) is 0. The van der Waals surface area contributed by atoms with Gasteiger partial charge in [0.1, 0.15) is 24.1 Å². The van der Waals surface area contributed by atoms with E-state index in [2.05, 4.69) is 21.3 Å². The van der Waals surface area contributed by atoms with E-state index in [1.165, 1.54) is 13.8 Å². The Labute approximate surface area is 457 Å². The number of carbonyl (C=O) groups is 10. The average Bonchev–Trinajstić information content (AvgIpc) is 3.35. The molecule has 2 rings (SSSR count). The Hall–Kier alpha value is -5.00. The Bertz CT molecular complexity index is 2020. The number of thioether (sulfide) groups is 2. The van der Waals surface area contributed by atoms with Gasteiger partial charge in [-0.25, -0.2) is 0 Å². The van der Waals surface area contributed by atoms with Crippen LogP contribution < -0.4 is 27.0 Å². The summed E-state index contributed by atoms with van der Waals surface area (Å²) in [5.74, 6) is -1.91. The van der Waals surface area contributed by atoms with Crippen LogP contribution in [-0.2, 0) is 60.8 Å². The van der Waals surface area contributed by atoms with Crippen molar-refractivity contribution in [3.63, 3.8) is 0 Å². The van der Waals surface area contributed by atoms with E-state index in [9.17, 15) is 47.9 Å². The first-order valence-electron chi connectivity index (χ1n) is 26.2. The van der Waals surface area contributed by atoms with Crippen LogP contribution in [0.4, 0.5) is 0 Å². The number of hydrogen-bond acceptors (Lipinski definition) is 13. The number of amides is 4. The molecule has 0 bridgehead atoms. The number of nitrogens with two attached hydrogens (primary N) is 1. The number of Topliss-reactive ketones (excluding diaryl/α,β-unsaturated/α-hetero) is 4. The summed E-state index contributed by atoms with van der Waals surface area (Å²) in [6.45, 7) is 11.5. The summed E-state index contributed by atoms with van der Waals surface area (Å²) < 4.78 is 0. The van der Waals surface area contributed by atoms with Gasteiger partial charge in [0.25, 0.3) is 0 Å². The molecule has 15 nitrogen and oxygen atoms in total. The molecular weight excluding hydrogens is 991 g/mol. The SMILES string of the molecule is C.CSCCC(CC=O)C(=O)NC(CC(C)C)C(=O)CC(Cc1ccccc1)C(=O)NCCC(C)=O.CSCCC(CC=O)C(=O)NC(CC(C)C)C(=O)CC(Cc1ccccc1)C(=O)NCCCCC(N)C(C)=O. The number of benzene rings is 2. The van der Waals surface area contributed by atoms with E-state index in [1.807, 2.05) is 101 Å². The zero-order chi connectivity index (χ0) is 55.4. The molecular formula is C58H91N5O10S2. The Balaban J connectivity index is 0.00000145. The van der Waals surface area contributed by atoms with Gasteiger partial charge in [0.15, 0.2) is 11.6 Å². The Morgan fingerprint density at radius 2 is 0.960 bits per heavy atom. The normalized spacial score (nSPS) is 13.7. The standard InChI is InChI=1S/C30H47N3O5S.C27H40N2O5S.CH4/c1-21(2)18-27(33-30(38)24(13-16-34)14-17-39-4)28(36)20-25(19-23-10-6-5-7-11-23)29(37)32-15-9-8-12-26(31)22(3)35;1-19(2)16-24(29-27(34)22(11-14-30)12-15-35-4)25(32)18-23(17-21-8-6-5-7-9-21)26(33)28-13-10-20(3)31;/h5-7,10-11,16,21,24-27H,8-9,12-15,17-20,31H2,1-4H3,(H,32,37)(H,33,38);5-9,14,19,22-24H,10-13,15-18H2,1-4H3,(H,28,33)(H,29,34);1H4. The average molecular weight is 1080 g/mol. The molecule has 6 N–H and O–H groups in total. The number of nitrogens with one attached hydrogen (secondary N) is 4. The molecule has 0 saturated carbocycles. The fourth-order valence-electron chi connectivity index (χ4n) is 8.17.